The van der Waals surface area contributed by atoms with Crippen molar-refractivity contribution in [1.82, 2.24) is 9.80 Å². The van der Waals surface area contributed by atoms with E-state index in [-0.39, 0.29) is 67.9 Å². The topological polar surface area (TPSA) is 200 Å². The number of likely N-dealkylation sites (tertiary alicyclic amines) is 2. The number of piperidine rings is 2. The van der Waals surface area contributed by atoms with Crippen molar-refractivity contribution in [3.63, 3.8) is 0 Å². The number of allylic oxidation sites excluding steroid dienone is 4. The molecule has 0 saturated carbocycles. The van der Waals surface area contributed by atoms with Gasteiger partial charge in [0, 0.05) is 75.4 Å². The summed E-state index contributed by atoms with van der Waals surface area (Å²) in [5.41, 5.74) is 1.32. The molecule has 3 unspecified atom stereocenters. The van der Waals surface area contributed by atoms with Crippen LogP contribution in [0.2, 0.25) is 0 Å². The third-order valence-electron chi connectivity index (χ3n) is 14.3. The molecular weight excluding hydrogens is 879 g/mol. The average molecular weight is 946 g/mol. The molecule has 6 aliphatic rings. The zero-order valence-corrected chi connectivity index (χ0v) is 40.8. The molecule has 69 heavy (non-hydrogen) atoms. The molecule has 9 rings (SSSR count). The Morgan fingerprint density at radius 1 is 0.957 bits per heavy atom. The second kappa shape index (κ2) is 20.5. The lowest BCUT2D eigenvalue weighted by molar-refractivity contribution is -0.155. The predicted octanol–water partition coefficient (Wildman–Crippen LogP) is 7.19. The fourth-order valence-corrected chi connectivity index (χ4v) is 10.4. The minimum Gasteiger partial charge on any atom is -0.507 e. The number of benzene rings is 3. The molecule has 4 atom stereocenters. The lowest BCUT2D eigenvalue weighted by Gasteiger charge is -2.38. The number of rotatable bonds is 6. The number of Topliss-reactive ketones (excluding diaryl/α,β-unsaturated/α-hetero) is 1. The number of carbonyl (C=O) groups is 4. The van der Waals surface area contributed by atoms with Crippen molar-refractivity contribution in [3.05, 3.63) is 93.9 Å². The number of nitrogens with zero attached hydrogens (tertiary/aromatic N) is 4. The molecule has 4 N–H and O–H groups in total. The molecule has 2 amide bonds. The number of fused-ring (bicyclic) bond motifs is 13. The van der Waals surface area contributed by atoms with E-state index >= 15 is 0 Å². The van der Waals surface area contributed by atoms with Crippen LogP contribution < -0.4 is 20.8 Å². The van der Waals surface area contributed by atoms with Gasteiger partial charge in [0.25, 0.3) is 11.7 Å². The molecule has 3 aromatic rings. The van der Waals surface area contributed by atoms with E-state index < -0.39 is 53.5 Å². The van der Waals surface area contributed by atoms with Gasteiger partial charge in [0.2, 0.25) is 5.91 Å². The number of aliphatic hydroxyl groups is 1. The molecule has 368 valence electrons. The largest absolute Gasteiger partial charge is 0.507 e. The lowest BCUT2D eigenvalue weighted by Crippen LogP contribution is -2.47. The van der Waals surface area contributed by atoms with Gasteiger partial charge in [-0.3, -0.25) is 24.2 Å². The van der Waals surface area contributed by atoms with Crippen molar-refractivity contribution in [2.24, 2.45) is 21.8 Å². The van der Waals surface area contributed by atoms with Crippen molar-refractivity contribution in [2.45, 2.75) is 135 Å². The number of aliphatic hydroxyl groups excluding tert-OH is 1. The Hall–Kier alpha value is -6.06. The zero-order chi connectivity index (χ0) is 49.2. The maximum absolute atomic E-state index is 14.7. The SMILES string of the molecule is C/C1=C/C=C/C(C)CCC(O)C[C@H](OC(=O)CC(=O)N2CCC(c3ccccc3)CC2)CC/C=C/OC2(C)Oc3c(C)c(O)c4c(O)c(c5c(c4c3C2=O)NC2(CCN(CC(C)C)CC2)N=5)=NC1=O. The summed E-state index contributed by atoms with van der Waals surface area (Å²) in [4.78, 5) is 68.9. The number of phenols is 2. The highest BCUT2D eigenvalue weighted by molar-refractivity contribution is 6.21. The number of carbonyl (C=O) groups excluding carboxylic acids is 4. The fraction of sp³-hybridized carbons (Fsp3) is 0.519. The molecule has 2 fully saturated rings. The Labute approximate surface area is 403 Å². The van der Waals surface area contributed by atoms with Crippen molar-refractivity contribution in [1.29, 1.82) is 0 Å². The van der Waals surface area contributed by atoms with Crippen LogP contribution in [0.4, 0.5) is 5.69 Å². The number of ether oxygens (including phenoxy) is 3. The number of ketones is 1. The summed E-state index contributed by atoms with van der Waals surface area (Å²) in [6, 6.07) is 10.2. The number of hydrogen-bond acceptors (Lipinski definition) is 13. The maximum atomic E-state index is 14.7. The van der Waals surface area contributed by atoms with E-state index in [9.17, 15) is 34.5 Å². The zero-order valence-electron chi connectivity index (χ0n) is 40.8. The van der Waals surface area contributed by atoms with Crippen molar-refractivity contribution in [2.75, 3.05) is 38.0 Å². The smallest absolute Gasteiger partial charge is 0.315 e. The predicted molar refractivity (Wildman–Crippen MR) is 260 cm³/mol. The van der Waals surface area contributed by atoms with E-state index in [0.717, 1.165) is 32.5 Å². The first-order valence-corrected chi connectivity index (χ1v) is 24.7. The lowest BCUT2D eigenvalue weighted by atomic mass is 9.89. The first-order valence-electron chi connectivity index (χ1n) is 24.7. The second-order valence-electron chi connectivity index (χ2n) is 20.2. The molecule has 1 spiro atoms. The molecule has 5 bridgehead atoms. The van der Waals surface area contributed by atoms with E-state index in [0.29, 0.717) is 69.1 Å². The summed E-state index contributed by atoms with van der Waals surface area (Å²) in [6.07, 6.45) is 11.0. The summed E-state index contributed by atoms with van der Waals surface area (Å²) in [7, 11) is 0. The van der Waals surface area contributed by atoms with Gasteiger partial charge >= 0.3 is 11.8 Å². The van der Waals surface area contributed by atoms with Gasteiger partial charge in [0.15, 0.2) is 5.75 Å². The first-order chi connectivity index (χ1) is 33.0. The highest BCUT2D eigenvalue weighted by Crippen LogP contribution is 2.51. The molecular formula is C54H67N5O10. The highest BCUT2D eigenvalue weighted by atomic mass is 16.7. The Morgan fingerprint density at radius 2 is 1.68 bits per heavy atom. The summed E-state index contributed by atoms with van der Waals surface area (Å²) in [5.74, 6) is -3.95. The van der Waals surface area contributed by atoms with Crippen LogP contribution >= 0.6 is 0 Å². The van der Waals surface area contributed by atoms with Crippen molar-refractivity contribution >= 4 is 40.0 Å². The van der Waals surface area contributed by atoms with Crippen molar-refractivity contribution < 1.29 is 48.7 Å². The van der Waals surface area contributed by atoms with Crippen LogP contribution in [0.25, 0.3) is 10.8 Å². The van der Waals surface area contributed by atoms with Crippen molar-refractivity contribution in [3.8, 4) is 17.2 Å². The Balaban J connectivity index is 1.07. The summed E-state index contributed by atoms with van der Waals surface area (Å²) in [6.45, 7) is 14.5. The number of aromatic hydroxyl groups is 2. The van der Waals surface area contributed by atoms with Gasteiger partial charge in [-0.1, -0.05) is 69.3 Å². The fourth-order valence-electron chi connectivity index (χ4n) is 10.4. The molecule has 2 saturated heterocycles. The van der Waals surface area contributed by atoms with E-state index in [1.165, 1.54) is 18.7 Å². The first kappa shape index (κ1) is 49.4. The van der Waals surface area contributed by atoms with Crippen LogP contribution in [0, 0.1) is 18.8 Å². The van der Waals surface area contributed by atoms with Gasteiger partial charge in [-0.15, -0.1) is 0 Å². The number of amides is 2. The van der Waals surface area contributed by atoms with Crippen LogP contribution in [0.3, 0.4) is 0 Å². The average Bonchev–Trinajstić information content (AvgIpc) is 3.82. The molecule has 6 aliphatic heterocycles. The number of anilines is 1. The minimum atomic E-state index is -1.89. The molecule has 3 aromatic carbocycles. The number of nitrogens with one attached hydrogen (secondary N) is 1. The molecule has 0 radical (unpaired) electrons. The number of esters is 1. The van der Waals surface area contributed by atoms with Gasteiger partial charge < -0.3 is 44.6 Å². The standard InChI is InChI=1S/C54H67N5O10/c1-32(2)31-58-26-22-54(23-27-58)56-45-42-43-48(63)35(5)50-44(42)51(65)53(6,69-50)67-28-11-10-17-39(68-41(62)30-40(61)59-24-20-37(21-25-59)36-15-8-7-9-16-36)29-38(60)19-18-33(3)13-12-14-34(4)52(66)55-47(49(43)64)46(45)57-54/h7-9,11-16,28,32-33,37-39,56,60,63-64H,10,17-27,29-31H2,1-6H3/b13-12+,28-11+,34-14-,55-47?/t33?,38?,39-,53?/m1/s1. The van der Waals surface area contributed by atoms with Crippen LogP contribution in [-0.4, -0.2) is 105 Å². The van der Waals surface area contributed by atoms with E-state index in [2.05, 4.69) is 41.2 Å². The monoisotopic (exact) mass is 945 g/mol. The molecule has 15 nitrogen and oxygen atoms in total. The van der Waals surface area contributed by atoms with Gasteiger partial charge in [-0.25, -0.2) is 4.99 Å². The van der Waals surface area contributed by atoms with Crippen LogP contribution in [0.5, 0.6) is 17.2 Å². The van der Waals surface area contributed by atoms with Gasteiger partial charge in [0.1, 0.15) is 40.4 Å². The van der Waals surface area contributed by atoms with E-state index in [1.54, 1.807) is 37.0 Å². The van der Waals surface area contributed by atoms with Gasteiger partial charge in [-0.2, -0.15) is 0 Å². The third kappa shape index (κ3) is 10.6. The van der Waals surface area contributed by atoms with Gasteiger partial charge in [-0.05, 0) is 81.8 Å². The van der Waals surface area contributed by atoms with Crippen LogP contribution in [0.1, 0.15) is 126 Å². The molecule has 0 aromatic heterocycles. The molecule has 15 heteroatoms. The Bertz CT molecular complexity index is 2700. The van der Waals surface area contributed by atoms with Crippen LogP contribution in [0.15, 0.2) is 76.5 Å². The molecule has 0 aliphatic carbocycles. The van der Waals surface area contributed by atoms with Gasteiger partial charge in [0.05, 0.1) is 29.0 Å². The summed E-state index contributed by atoms with van der Waals surface area (Å²) in [5, 5.41) is 39.0. The summed E-state index contributed by atoms with van der Waals surface area (Å²) >= 11 is 0. The van der Waals surface area contributed by atoms with E-state index in [4.69, 9.17) is 19.2 Å². The Kier molecular flexibility index (Phi) is 14.7. The van der Waals surface area contributed by atoms with E-state index in [1.807, 2.05) is 31.2 Å². The molecule has 6 heterocycles. The summed E-state index contributed by atoms with van der Waals surface area (Å²) < 4.78 is 18.3. The minimum absolute atomic E-state index is 0.00543. The quantitative estimate of drug-likeness (QED) is 0.110. The Morgan fingerprint density at radius 3 is 2.39 bits per heavy atom. The normalized spacial score (nSPS) is 26.3. The maximum Gasteiger partial charge on any atom is 0.315 e. The van der Waals surface area contributed by atoms with Crippen LogP contribution in [-0.2, 0) is 23.9 Å². The second-order valence-corrected chi connectivity index (χ2v) is 20.2. The highest BCUT2D eigenvalue weighted by Gasteiger charge is 2.50. The number of hydrogen-bond donors (Lipinski definition) is 4. The third-order valence-corrected chi connectivity index (χ3v) is 14.3. The number of phenolic OH excluding ortho intramolecular Hbond substituents is 2.